The molecule has 0 bridgehead atoms. The van der Waals surface area contributed by atoms with Crippen molar-refractivity contribution in [3.05, 3.63) is 47.3 Å². The minimum absolute atomic E-state index is 0.147. The van der Waals surface area contributed by atoms with Crippen molar-refractivity contribution in [2.45, 2.75) is 26.7 Å². The zero-order valence-electron chi connectivity index (χ0n) is 15.8. The minimum Gasteiger partial charge on any atom is -0.480 e. The lowest BCUT2D eigenvalue weighted by Gasteiger charge is -2.08. The van der Waals surface area contributed by atoms with Gasteiger partial charge in [0.2, 0.25) is 11.9 Å². The molecule has 28 heavy (non-hydrogen) atoms. The molecule has 0 aliphatic heterocycles. The summed E-state index contributed by atoms with van der Waals surface area (Å²) < 4.78 is 0. The molecule has 1 aromatic heterocycles. The number of nitrogens with zero attached hydrogens (tertiary/aromatic N) is 2. The number of nitrogens with one attached hydrogen (secondary N) is 3. The average molecular weight is 385 g/mol. The van der Waals surface area contributed by atoms with Gasteiger partial charge in [0, 0.05) is 35.6 Å². The molecule has 0 fully saturated rings. The molecular weight excluding hydrogens is 362 g/mol. The van der Waals surface area contributed by atoms with Crippen molar-refractivity contribution in [3.63, 3.8) is 0 Å². The molecule has 1 aromatic carbocycles. The van der Waals surface area contributed by atoms with Crippen LogP contribution in [-0.4, -0.2) is 45.9 Å². The van der Waals surface area contributed by atoms with E-state index in [0.29, 0.717) is 36.6 Å². The van der Waals surface area contributed by atoms with E-state index in [-0.39, 0.29) is 5.91 Å². The van der Waals surface area contributed by atoms with Crippen LogP contribution in [0, 0.1) is 13.8 Å². The number of aliphatic carboxylic acids is 1. The first kappa shape index (κ1) is 20.8. The van der Waals surface area contributed by atoms with Crippen LogP contribution in [0.5, 0.6) is 0 Å². The highest BCUT2D eigenvalue weighted by Gasteiger charge is 2.08. The van der Waals surface area contributed by atoms with Crippen molar-refractivity contribution in [2.75, 3.05) is 23.7 Å². The van der Waals surface area contributed by atoms with Crippen LogP contribution >= 0.6 is 0 Å². The lowest BCUT2D eigenvalue weighted by molar-refractivity contribution is -0.135. The predicted molar refractivity (Wildman–Crippen MR) is 104 cm³/mol. The Balaban J connectivity index is 1.73. The third-order valence-electron chi connectivity index (χ3n) is 3.68. The van der Waals surface area contributed by atoms with Gasteiger partial charge < -0.3 is 21.1 Å². The van der Waals surface area contributed by atoms with E-state index in [4.69, 9.17) is 5.11 Å². The number of benzene rings is 1. The van der Waals surface area contributed by atoms with Crippen molar-refractivity contribution in [1.29, 1.82) is 0 Å². The van der Waals surface area contributed by atoms with E-state index >= 15 is 0 Å². The van der Waals surface area contributed by atoms with Gasteiger partial charge in [0.1, 0.15) is 6.54 Å². The van der Waals surface area contributed by atoms with Gasteiger partial charge in [-0.3, -0.25) is 14.4 Å². The van der Waals surface area contributed by atoms with E-state index in [9.17, 15) is 14.4 Å². The summed E-state index contributed by atoms with van der Waals surface area (Å²) in [6.07, 6.45) is 0.927. The first-order chi connectivity index (χ1) is 13.3. The molecule has 1 heterocycles. The van der Waals surface area contributed by atoms with E-state index in [0.717, 1.165) is 11.4 Å². The Labute approximate surface area is 162 Å². The zero-order chi connectivity index (χ0) is 20.5. The molecule has 0 atom stereocenters. The number of hydrogen-bond acceptors (Lipinski definition) is 6. The van der Waals surface area contributed by atoms with Crippen LogP contribution in [0.15, 0.2) is 30.3 Å². The number of aryl methyl sites for hydroxylation is 2. The summed E-state index contributed by atoms with van der Waals surface area (Å²) in [4.78, 5) is 42.8. The topological polar surface area (TPSA) is 133 Å². The fourth-order valence-electron chi connectivity index (χ4n) is 2.44. The normalized spacial score (nSPS) is 10.2. The van der Waals surface area contributed by atoms with E-state index < -0.39 is 18.4 Å². The lowest BCUT2D eigenvalue weighted by Crippen LogP contribution is -2.29. The zero-order valence-corrected chi connectivity index (χ0v) is 15.8. The molecule has 4 N–H and O–H groups in total. The third kappa shape index (κ3) is 7.02. The molecule has 0 spiro atoms. The van der Waals surface area contributed by atoms with Crippen LogP contribution in [0.1, 0.15) is 34.6 Å². The minimum atomic E-state index is -1.11. The Morgan fingerprint density at radius 3 is 2.29 bits per heavy atom. The Morgan fingerprint density at radius 2 is 1.68 bits per heavy atom. The molecule has 0 saturated carbocycles. The van der Waals surface area contributed by atoms with Gasteiger partial charge in [-0.05, 0) is 50.6 Å². The van der Waals surface area contributed by atoms with Crippen LogP contribution in [0.2, 0.25) is 0 Å². The summed E-state index contributed by atoms with van der Waals surface area (Å²) in [6, 6.07) is 8.11. The van der Waals surface area contributed by atoms with Crippen molar-refractivity contribution >= 4 is 29.4 Å². The van der Waals surface area contributed by atoms with Crippen molar-refractivity contribution in [2.24, 2.45) is 0 Å². The fourth-order valence-corrected chi connectivity index (χ4v) is 2.44. The molecule has 9 heteroatoms. The van der Waals surface area contributed by atoms with Gasteiger partial charge in [0.25, 0.3) is 5.91 Å². The first-order valence-electron chi connectivity index (χ1n) is 8.79. The highest BCUT2D eigenvalue weighted by molar-refractivity contribution is 5.97. The number of hydrogen-bond donors (Lipinski definition) is 4. The molecule has 0 aliphatic carbocycles. The summed E-state index contributed by atoms with van der Waals surface area (Å²) in [5, 5.41) is 16.7. The maximum Gasteiger partial charge on any atom is 0.322 e. The van der Waals surface area contributed by atoms with Crippen LogP contribution in [-0.2, 0) is 9.59 Å². The van der Waals surface area contributed by atoms with Gasteiger partial charge in [0.05, 0.1) is 0 Å². The first-order valence-corrected chi connectivity index (χ1v) is 8.79. The third-order valence-corrected chi connectivity index (χ3v) is 3.68. The molecule has 9 nitrogen and oxygen atoms in total. The molecule has 0 unspecified atom stereocenters. The molecule has 0 saturated heterocycles. The molecule has 0 radical (unpaired) electrons. The number of carboxylic acids is 1. The van der Waals surface area contributed by atoms with Gasteiger partial charge in [-0.15, -0.1) is 0 Å². The number of carboxylic acid groups (broad SMARTS) is 1. The van der Waals surface area contributed by atoms with Gasteiger partial charge >= 0.3 is 5.97 Å². The summed E-state index contributed by atoms with van der Waals surface area (Å²) >= 11 is 0. The van der Waals surface area contributed by atoms with Gasteiger partial charge in [-0.1, -0.05) is 0 Å². The second-order valence-corrected chi connectivity index (χ2v) is 6.21. The van der Waals surface area contributed by atoms with E-state index in [1.54, 1.807) is 12.1 Å². The van der Waals surface area contributed by atoms with Crippen LogP contribution in [0.4, 0.5) is 11.6 Å². The Morgan fingerprint density at radius 1 is 1.04 bits per heavy atom. The number of rotatable bonds is 9. The van der Waals surface area contributed by atoms with E-state index in [1.807, 2.05) is 19.9 Å². The monoisotopic (exact) mass is 385 g/mol. The molecule has 2 aromatic rings. The molecule has 2 rings (SSSR count). The Kier molecular flexibility index (Phi) is 7.44. The second-order valence-electron chi connectivity index (χ2n) is 6.21. The standard InChI is InChI=1S/C19H23N5O4/c1-12-10-13(2)23-19(22-12)20-9-3-4-16(25)24-15-7-5-14(6-8-15)18(28)21-11-17(26)27/h5-8,10H,3-4,9,11H2,1-2H3,(H,21,28)(H,24,25)(H,26,27)(H,20,22,23). The Hall–Kier alpha value is -3.49. The van der Waals surface area contributed by atoms with Crippen LogP contribution in [0.25, 0.3) is 0 Å². The highest BCUT2D eigenvalue weighted by atomic mass is 16.4. The van der Waals surface area contributed by atoms with Gasteiger partial charge in [-0.2, -0.15) is 0 Å². The molecular formula is C19H23N5O4. The lowest BCUT2D eigenvalue weighted by atomic mass is 10.2. The van der Waals surface area contributed by atoms with Gasteiger partial charge in [-0.25, -0.2) is 9.97 Å². The van der Waals surface area contributed by atoms with Gasteiger partial charge in [0.15, 0.2) is 0 Å². The number of aromatic nitrogens is 2. The smallest absolute Gasteiger partial charge is 0.322 e. The van der Waals surface area contributed by atoms with Crippen LogP contribution < -0.4 is 16.0 Å². The van der Waals surface area contributed by atoms with E-state index in [2.05, 4.69) is 25.9 Å². The van der Waals surface area contributed by atoms with Crippen LogP contribution in [0.3, 0.4) is 0 Å². The number of carbonyl (C=O) groups excluding carboxylic acids is 2. The second kappa shape index (κ2) is 10.0. The molecule has 2 amide bonds. The summed E-state index contributed by atoms with van der Waals surface area (Å²) in [5.41, 5.74) is 2.64. The summed E-state index contributed by atoms with van der Waals surface area (Å²) in [5.74, 6) is -1.20. The van der Waals surface area contributed by atoms with Crippen molar-refractivity contribution in [1.82, 2.24) is 15.3 Å². The largest absolute Gasteiger partial charge is 0.480 e. The van der Waals surface area contributed by atoms with E-state index in [1.165, 1.54) is 12.1 Å². The van der Waals surface area contributed by atoms with Crippen molar-refractivity contribution in [3.8, 4) is 0 Å². The van der Waals surface area contributed by atoms with Crippen molar-refractivity contribution < 1.29 is 19.5 Å². The predicted octanol–water partition coefficient (Wildman–Crippen LogP) is 1.74. The summed E-state index contributed by atoms with van der Waals surface area (Å²) in [7, 11) is 0. The highest BCUT2D eigenvalue weighted by Crippen LogP contribution is 2.10. The maximum atomic E-state index is 12.0. The number of carbonyl (C=O) groups is 3. The SMILES string of the molecule is Cc1cc(C)nc(NCCCC(=O)Nc2ccc(C(=O)NCC(=O)O)cc2)n1. The molecule has 148 valence electrons. The maximum absolute atomic E-state index is 12.0. The fraction of sp³-hybridized carbons (Fsp3) is 0.316. The molecule has 0 aliphatic rings. The average Bonchev–Trinajstić information content (AvgIpc) is 2.63. The number of amides is 2. The summed E-state index contributed by atoms with van der Waals surface area (Å²) in [6.45, 7) is 3.92. The number of anilines is 2. The quantitative estimate of drug-likeness (QED) is 0.483. The Bertz CT molecular complexity index is 832.